The van der Waals surface area contributed by atoms with Gasteiger partial charge in [0.05, 0.1) is 17.4 Å². The van der Waals surface area contributed by atoms with Crippen molar-refractivity contribution in [1.29, 1.82) is 0 Å². The second kappa shape index (κ2) is 8.05. The molecule has 0 spiro atoms. The number of methoxy groups -OCH3 is 1. The van der Waals surface area contributed by atoms with E-state index in [1.54, 1.807) is 25.3 Å². The Bertz CT molecular complexity index is 1130. The lowest BCUT2D eigenvalue weighted by Gasteiger charge is -2.54. The smallest absolute Gasteiger partial charge is 0.269 e. The largest absolute Gasteiger partial charge is 0.383 e. The maximum atomic E-state index is 13.2. The van der Waals surface area contributed by atoms with Crippen molar-refractivity contribution in [3.05, 3.63) is 68.1 Å². The molecule has 32 heavy (non-hydrogen) atoms. The monoisotopic (exact) mass is 438 g/mol. The zero-order valence-electron chi connectivity index (χ0n) is 17.9. The Labute approximate surface area is 185 Å². The number of pyridine rings is 1. The highest BCUT2D eigenvalue weighted by molar-refractivity contribution is 5.82. The van der Waals surface area contributed by atoms with Crippen LogP contribution in [0.25, 0.3) is 0 Å². The number of piperidine rings is 1. The van der Waals surface area contributed by atoms with Gasteiger partial charge in [0, 0.05) is 68.3 Å². The molecule has 3 aliphatic heterocycles. The van der Waals surface area contributed by atoms with Gasteiger partial charge < -0.3 is 19.5 Å². The first kappa shape index (κ1) is 20.7. The number of benzene rings is 1. The van der Waals surface area contributed by atoms with E-state index in [9.17, 15) is 19.7 Å². The van der Waals surface area contributed by atoms with Crippen LogP contribution in [-0.4, -0.2) is 48.2 Å². The van der Waals surface area contributed by atoms with Crippen LogP contribution in [0.1, 0.15) is 23.6 Å². The van der Waals surface area contributed by atoms with Crippen LogP contribution in [0, 0.1) is 22.0 Å². The Morgan fingerprint density at radius 2 is 2.12 bits per heavy atom. The number of nitro groups is 1. The standard InChI is InChI=1S/C23H26N4O5/c1-32-8-7-24-23(29)18-11-14-10-17(27(30)31)5-6-20(14)26-12-15-9-16(22(18)26)13-25-19(15)3-2-4-21(25)28/h2-6,10,15-16,18,22H,7-9,11-13H2,1H3,(H,24,29)/t15-,16-,18+,22-/m0/s1. The van der Waals surface area contributed by atoms with Gasteiger partial charge >= 0.3 is 0 Å². The molecule has 1 fully saturated rings. The SMILES string of the molecule is COCCNC(=O)[C@@H]1Cc2cc([N+](=O)[O-])ccc2N2C[C@@H]3C[C@@H](Cn4c3cccc4=O)[C@@H]12. The number of aromatic nitrogens is 1. The van der Waals surface area contributed by atoms with Gasteiger partial charge in [0.25, 0.3) is 11.2 Å². The molecule has 168 valence electrons. The van der Waals surface area contributed by atoms with Crippen LogP contribution < -0.4 is 15.8 Å². The molecule has 1 aromatic carbocycles. The number of anilines is 1. The number of fused-ring (bicyclic) bond motifs is 8. The van der Waals surface area contributed by atoms with E-state index in [2.05, 4.69) is 10.2 Å². The number of hydrogen-bond acceptors (Lipinski definition) is 6. The number of rotatable bonds is 5. The van der Waals surface area contributed by atoms with Gasteiger partial charge in [0.15, 0.2) is 0 Å². The third-order valence-corrected chi connectivity index (χ3v) is 7.14. The van der Waals surface area contributed by atoms with Crippen LogP contribution in [0.15, 0.2) is 41.2 Å². The summed E-state index contributed by atoms with van der Waals surface area (Å²) in [5.74, 6) is -0.104. The van der Waals surface area contributed by atoms with E-state index in [-0.39, 0.29) is 40.9 Å². The average molecular weight is 438 g/mol. The summed E-state index contributed by atoms with van der Waals surface area (Å²) in [5, 5.41) is 14.3. The fourth-order valence-corrected chi connectivity index (χ4v) is 5.86. The molecule has 0 unspecified atom stereocenters. The Morgan fingerprint density at radius 3 is 2.91 bits per heavy atom. The number of non-ortho nitro benzene ring substituents is 1. The lowest BCUT2D eigenvalue weighted by molar-refractivity contribution is -0.384. The van der Waals surface area contributed by atoms with Crippen molar-refractivity contribution in [1.82, 2.24) is 9.88 Å². The molecule has 1 aromatic heterocycles. The lowest BCUT2D eigenvalue weighted by Crippen LogP contribution is -2.61. The number of amides is 1. The lowest BCUT2D eigenvalue weighted by atomic mass is 9.70. The fraction of sp³-hybridized carbons (Fsp3) is 0.478. The molecule has 5 rings (SSSR count). The van der Waals surface area contributed by atoms with Crippen LogP contribution >= 0.6 is 0 Å². The van der Waals surface area contributed by atoms with Gasteiger partial charge in [0.1, 0.15) is 0 Å². The van der Waals surface area contributed by atoms with Crippen LogP contribution in [0.5, 0.6) is 0 Å². The Morgan fingerprint density at radius 1 is 1.28 bits per heavy atom. The van der Waals surface area contributed by atoms with Crippen molar-refractivity contribution < 1.29 is 14.5 Å². The molecule has 1 amide bonds. The first-order chi connectivity index (χ1) is 15.5. The Balaban J connectivity index is 1.56. The van der Waals surface area contributed by atoms with Crippen molar-refractivity contribution in [3.8, 4) is 0 Å². The summed E-state index contributed by atoms with van der Waals surface area (Å²) < 4.78 is 6.93. The van der Waals surface area contributed by atoms with Gasteiger partial charge in [-0.3, -0.25) is 19.7 Å². The molecule has 1 saturated heterocycles. The summed E-state index contributed by atoms with van der Waals surface area (Å²) in [4.78, 5) is 39.0. The van der Waals surface area contributed by atoms with E-state index in [0.29, 0.717) is 32.7 Å². The van der Waals surface area contributed by atoms with E-state index in [4.69, 9.17) is 4.74 Å². The zero-order chi connectivity index (χ0) is 22.4. The molecule has 9 heteroatoms. The second-order valence-corrected chi connectivity index (χ2v) is 8.90. The molecule has 0 aliphatic carbocycles. The third-order valence-electron chi connectivity index (χ3n) is 7.14. The van der Waals surface area contributed by atoms with Gasteiger partial charge in [-0.05, 0) is 36.5 Å². The average Bonchev–Trinajstić information content (AvgIpc) is 2.79. The van der Waals surface area contributed by atoms with Crippen LogP contribution in [0.4, 0.5) is 11.4 Å². The highest BCUT2D eigenvalue weighted by Crippen LogP contribution is 2.47. The van der Waals surface area contributed by atoms with Crippen molar-refractivity contribution in [2.24, 2.45) is 11.8 Å². The molecule has 0 radical (unpaired) electrons. The maximum absolute atomic E-state index is 13.2. The van der Waals surface area contributed by atoms with E-state index >= 15 is 0 Å². The molecule has 9 nitrogen and oxygen atoms in total. The minimum Gasteiger partial charge on any atom is -0.383 e. The summed E-state index contributed by atoms with van der Waals surface area (Å²) in [5.41, 5.74) is 2.85. The van der Waals surface area contributed by atoms with E-state index in [1.807, 2.05) is 16.7 Å². The molecule has 2 bridgehead atoms. The summed E-state index contributed by atoms with van der Waals surface area (Å²) >= 11 is 0. The number of nitrogens with one attached hydrogen (secondary N) is 1. The third kappa shape index (κ3) is 3.37. The fourth-order valence-electron chi connectivity index (χ4n) is 5.86. The quantitative estimate of drug-likeness (QED) is 0.433. The van der Waals surface area contributed by atoms with Crippen molar-refractivity contribution >= 4 is 17.3 Å². The van der Waals surface area contributed by atoms with Crippen LogP contribution in [-0.2, 0) is 22.5 Å². The summed E-state index contributed by atoms with van der Waals surface area (Å²) in [7, 11) is 1.59. The molecular formula is C23H26N4O5. The number of carbonyl (C=O) groups is 1. The first-order valence-corrected chi connectivity index (χ1v) is 11.0. The molecule has 0 saturated carbocycles. The molecule has 1 N–H and O–H groups in total. The number of hydrogen-bond donors (Lipinski definition) is 1. The molecule has 3 aliphatic rings. The van der Waals surface area contributed by atoms with E-state index < -0.39 is 4.92 Å². The van der Waals surface area contributed by atoms with Crippen molar-refractivity contribution in [2.75, 3.05) is 31.7 Å². The normalized spacial score (nSPS) is 25.3. The van der Waals surface area contributed by atoms with Gasteiger partial charge in [-0.25, -0.2) is 0 Å². The number of ether oxygens (including phenoxy) is 1. The molecule has 2 aromatic rings. The van der Waals surface area contributed by atoms with Crippen molar-refractivity contribution in [2.45, 2.75) is 31.3 Å². The highest BCUT2D eigenvalue weighted by atomic mass is 16.6. The van der Waals surface area contributed by atoms with Gasteiger partial charge in [-0.2, -0.15) is 0 Å². The van der Waals surface area contributed by atoms with Crippen LogP contribution in [0.2, 0.25) is 0 Å². The number of nitrogens with zero attached hydrogens (tertiary/aromatic N) is 3. The molecule has 4 heterocycles. The Kier molecular flexibility index (Phi) is 5.21. The van der Waals surface area contributed by atoms with E-state index in [1.165, 1.54) is 6.07 Å². The summed E-state index contributed by atoms with van der Waals surface area (Å²) in [6.45, 7) is 2.09. The number of carbonyl (C=O) groups excluding carboxylic acids is 1. The molecular weight excluding hydrogens is 412 g/mol. The van der Waals surface area contributed by atoms with Gasteiger partial charge in [-0.15, -0.1) is 0 Å². The maximum Gasteiger partial charge on any atom is 0.269 e. The number of nitro benzene ring substituents is 1. The predicted octanol–water partition coefficient (Wildman–Crippen LogP) is 1.68. The minimum atomic E-state index is -0.395. The topological polar surface area (TPSA) is 107 Å². The minimum absolute atomic E-state index is 0.00131. The van der Waals surface area contributed by atoms with Crippen molar-refractivity contribution in [3.63, 3.8) is 0 Å². The van der Waals surface area contributed by atoms with Gasteiger partial charge in [0.2, 0.25) is 5.91 Å². The predicted molar refractivity (Wildman–Crippen MR) is 118 cm³/mol. The van der Waals surface area contributed by atoms with Gasteiger partial charge in [-0.1, -0.05) is 6.07 Å². The summed E-state index contributed by atoms with van der Waals surface area (Å²) in [6.07, 6.45) is 1.36. The highest BCUT2D eigenvalue weighted by Gasteiger charge is 2.49. The van der Waals surface area contributed by atoms with E-state index in [0.717, 1.165) is 23.4 Å². The first-order valence-electron chi connectivity index (χ1n) is 11.0. The zero-order valence-corrected chi connectivity index (χ0v) is 17.9. The molecule has 4 atom stereocenters. The second-order valence-electron chi connectivity index (χ2n) is 8.90. The van der Waals surface area contributed by atoms with Crippen LogP contribution in [0.3, 0.4) is 0 Å². The Hall–Kier alpha value is -3.20. The summed E-state index contributed by atoms with van der Waals surface area (Å²) in [6, 6.07) is 10.3.